The molecule has 0 rings (SSSR count). The van der Waals surface area contributed by atoms with Crippen molar-refractivity contribution in [2.45, 2.75) is 19.8 Å². The summed E-state index contributed by atoms with van der Waals surface area (Å²) >= 11 is 0. The molecule has 0 aromatic carbocycles. The number of hydrogen-bond acceptors (Lipinski definition) is 1. The summed E-state index contributed by atoms with van der Waals surface area (Å²) in [6.07, 6.45) is 3.08. The van der Waals surface area contributed by atoms with Crippen molar-refractivity contribution >= 4 is 6.72 Å². The van der Waals surface area contributed by atoms with Gasteiger partial charge in [-0.1, -0.05) is 25.5 Å². The molecule has 0 atom stereocenters. The van der Waals surface area contributed by atoms with Gasteiger partial charge in [0.2, 0.25) is 5.95 Å². The second kappa shape index (κ2) is 4.91. The minimum absolute atomic E-state index is 0.557. The lowest BCUT2D eigenvalue weighted by atomic mass is 10.2. The van der Waals surface area contributed by atoms with Crippen LogP contribution in [0.3, 0.4) is 0 Å². The van der Waals surface area contributed by atoms with Gasteiger partial charge in [-0.25, -0.2) is 4.99 Å². The summed E-state index contributed by atoms with van der Waals surface area (Å²) in [5.41, 5.74) is 0.757. The van der Waals surface area contributed by atoms with Crippen molar-refractivity contribution in [2.24, 2.45) is 4.99 Å². The van der Waals surface area contributed by atoms with Gasteiger partial charge in [-0.15, -0.1) is 0 Å². The van der Waals surface area contributed by atoms with Gasteiger partial charge in [0.15, 0.2) is 0 Å². The SMILES string of the molecule is C=N/C(F)=C\C(=C)CCC. The van der Waals surface area contributed by atoms with Gasteiger partial charge in [0.1, 0.15) is 0 Å². The number of hydrogen-bond donors (Lipinski definition) is 0. The van der Waals surface area contributed by atoms with Crippen LogP contribution in [0, 0.1) is 0 Å². The van der Waals surface area contributed by atoms with E-state index in [4.69, 9.17) is 0 Å². The van der Waals surface area contributed by atoms with E-state index in [1.54, 1.807) is 0 Å². The van der Waals surface area contributed by atoms with Crippen molar-refractivity contribution in [1.29, 1.82) is 0 Å². The molecule has 0 aromatic rings. The zero-order valence-corrected chi connectivity index (χ0v) is 6.23. The van der Waals surface area contributed by atoms with Crippen molar-refractivity contribution in [3.63, 3.8) is 0 Å². The summed E-state index contributed by atoms with van der Waals surface area (Å²) in [5.74, 6) is -0.557. The Morgan fingerprint density at radius 3 is 2.70 bits per heavy atom. The third kappa shape index (κ3) is 4.01. The standard InChI is InChI=1S/C8H12FN/c1-4-5-7(2)6-8(9)10-3/h6H,2-5H2,1H3/b8-6-. The molecule has 0 aliphatic carbocycles. The lowest BCUT2D eigenvalue weighted by molar-refractivity contribution is 0.628. The molecule has 0 radical (unpaired) electrons. The zero-order valence-electron chi connectivity index (χ0n) is 6.23. The number of aliphatic imine (C=N–C) groups is 1. The highest BCUT2D eigenvalue weighted by atomic mass is 19.1. The van der Waals surface area contributed by atoms with Crippen molar-refractivity contribution in [1.82, 2.24) is 0 Å². The fourth-order valence-corrected chi connectivity index (χ4v) is 0.607. The summed E-state index contributed by atoms with van der Waals surface area (Å²) in [4.78, 5) is 3.09. The van der Waals surface area contributed by atoms with Crippen LogP contribution >= 0.6 is 0 Å². The maximum atomic E-state index is 12.3. The third-order valence-corrected chi connectivity index (χ3v) is 1.05. The van der Waals surface area contributed by atoms with E-state index < -0.39 is 5.95 Å². The van der Waals surface area contributed by atoms with Crippen LogP contribution in [0.1, 0.15) is 19.8 Å². The van der Waals surface area contributed by atoms with Gasteiger partial charge >= 0.3 is 0 Å². The lowest BCUT2D eigenvalue weighted by Gasteiger charge is -1.93. The van der Waals surface area contributed by atoms with E-state index in [2.05, 4.69) is 18.3 Å². The molecule has 0 aliphatic heterocycles. The van der Waals surface area contributed by atoms with Crippen LogP contribution in [0.25, 0.3) is 0 Å². The maximum Gasteiger partial charge on any atom is 0.212 e. The van der Waals surface area contributed by atoms with Crippen LogP contribution in [0.4, 0.5) is 4.39 Å². The maximum absolute atomic E-state index is 12.3. The summed E-state index contributed by atoms with van der Waals surface area (Å²) in [5, 5.41) is 0. The van der Waals surface area contributed by atoms with Gasteiger partial charge in [0, 0.05) is 0 Å². The molecule has 10 heavy (non-hydrogen) atoms. The second-order valence-corrected chi connectivity index (χ2v) is 2.03. The first-order valence-electron chi connectivity index (χ1n) is 3.22. The number of nitrogens with zero attached hydrogens (tertiary/aromatic N) is 1. The summed E-state index contributed by atoms with van der Waals surface area (Å²) < 4.78 is 12.3. The summed E-state index contributed by atoms with van der Waals surface area (Å²) in [6.45, 7) is 8.68. The highest BCUT2D eigenvalue weighted by molar-refractivity contribution is 5.29. The lowest BCUT2D eigenvalue weighted by Crippen LogP contribution is -1.75. The molecule has 0 amide bonds. The monoisotopic (exact) mass is 141 g/mol. The molecule has 0 bridgehead atoms. The molecule has 0 N–H and O–H groups in total. The first kappa shape index (κ1) is 9.08. The molecule has 0 spiro atoms. The number of rotatable bonds is 4. The summed E-state index contributed by atoms with van der Waals surface area (Å²) in [6, 6.07) is 0. The summed E-state index contributed by atoms with van der Waals surface area (Å²) in [7, 11) is 0. The molecule has 0 saturated carbocycles. The van der Waals surface area contributed by atoms with Gasteiger partial charge in [-0.2, -0.15) is 4.39 Å². The predicted octanol–water partition coefficient (Wildman–Crippen LogP) is 2.85. The van der Waals surface area contributed by atoms with Gasteiger partial charge in [0.05, 0.1) is 0 Å². The minimum Gasteiger partial charge on any atom is -0.236 e. The van der Waals surface area contributed by atoms with E-state index >= 15 is 0 Å². The molecule has 2 heteroatoms. The molecule has 56 valence electrons. The van der Waals surface area contributed by atoms with Crippen LogP contribution in [0.5, 0.6) is 0 Å². The third-order valence-electron chi connectivity index (χ3n) is 1.05. The first-order valence-corrected chi connectivity index (χ1v) is 3.22. The Balaban J connectivity index is 3.86. The molecule has 0 aliphatic rings. The van der Waals surface area contributed by atoms with Crippen molar-refractivity contribution in [3.05, 3.63) is 24.2 Å². The van der Waals surface area contributed by atoms with Gasteiger partial charge in [-0.3, -0.25) is 0 Å². The Morgan fingerprint density at radius 1 is 1.70 bits per heavy atom. The first-order chi connectivity index (χ1) is 4.70. The fourth-order valence-electron chi connectivity index (χ4n) is 0.607. The Morgan fingerprint density at radius 2 is 2.30 bits per heavy atom. The number of allylic oxidation sites excluding steroid dienone is 2. The highest BCUT2D eigenvalue weighted by Gasteiger charge is 1.90. The van der Waals surface area contributed by atoms with Gasteiger partial charge < -0.3 is 0 Å². The quantitative estimate of drug-likeness (QED) is 0.324. The Bertz CT molecular complexity index is 159. The molecule has 0 unspecified atom stereocenters. The van der Waals surface area contributed by atoms with Crippen molar-refractivity contribution in [2.75, 3.05) is 0 Å². The van der Waals surface area contributed by atoms with Crippen LogP contribution in [-0.4, -0.2) is 6.72 Å². The molecule has 0 fully saturated rings. The Labute approximate surface area is 61.0 Å². The zero-order chi connectivity index (χ0) is 7.98. The highest BCUT2D eigenvalue weighted by Crippen LogP contribution is 2.07. The van der Waals surface area contributed by atoms with Crippen molar-refractivity contribution in [3.8, 4) is 0 Å². The molecule has 0 heterocycles. The van der Waals surface area contributed by atoms with E-state index in [1.807, 2.05) is 6.92 Å². The van der Waals surface area contributed by atoms with E-state index in [9.17, 15) is 4.39 Å². The molecule has 1 nitrogen and oxygen atoms in total. The average Bonchev–Trinajstić information content (AvgIpc) is 1.88. The normalized spacial score (nSPS) is 11.2. The fraction of sp³-hybridized carbons (Fsp3) is 0.375. The molecular formula is C8H12FN. The minimum atomic E-state index is -0.557. The molecule has 0 aromatic heterocycles. The topological polar surface area (TPSA) is 12.4 Å². The number of halogens is 1. The molecule has 0 saturated heterocycles. The van der Waals surface area contributed by atoms with E-state index in [0.29, 0.717) is 0 Å². The van der Waals surface area contributed by atoms with E-state index in [1.165, 1.54) is 6.08 Å². The van der Waals surface area contributed by atoms with E-state index in [-0.39, 0.29) is 0 Å². The smallest absolute Gasteiger partial charge is 0.212 e. The van der Waals surface area contributed by atoms with Crippen LogP contribution in [-0.2, 0) is 0 Å². The largest absolute Gasteiger partial charge is 0.236 e. The average molecular weight is 141 g/mol. The predicted molar refractivity (Wildman–Crippen MR) is 42.8 cm³/mol. The van der Waals surface area contributed by atoms with Crippen molar-refractivity contribution < 1.29 is 4.39 Å². The van der Waals surface area contributed by atoms with E-state index in [0.717, 1.165) is 18.4 Å². The van der Waals surface area contributed by atoms with Crippen LogP contribution in [0.15, 0.2) is 29.2 Å². The van der Waals surface area contributed by atoms with Gasteiger partial charge in [0.25, 0.3) is 0 Å². The van der Waals surface area contributed by atoms with Crippen LogP contribution in [0.2, 0.25) is 0 Å². The Kier molecular flexibility index (Phi) is 4.46. The Hall–Kier alpha value is -0.920. The van der Waals surface area contributed by atoms with Gasteiger partial charge in [-0.05, 0) is 19.2 Å². The second-order valence-electron chi connectivity index (χ2n) is 2.03. The molecular weight excluding hydrogens is 129 g/mol. The van der Waals surface area contributed by atoms with Crippen LogP contribution < -0.4 is 0 Å².